The van der Waals surface area contributed by atoms with E-state index in [0.717, 1.165) is 0 Å². The fourth-order valence-electron chi connectivity index (χ4n) is 2.77. The number of likely N-dealkylation sites (tertiary alicyclic amines) is 1. The van der Waals surface area contributed by atoms with Crippen molar-refractivity contribution in [2.45, 2.75) is 12.8 Å². The smallest absolute Gasteiger partial charge is 0.339 e. The van der Waals surface area contributed by atoms with Gasteiger partial charge in [0.15, 0.2) is 0 Å². The van der Waals surface area contributed by atoms with Gasteiger partial charge in [0, 0.05) is 0 Å². The van der Waals surface area contributed by atoms with E-state index in [-0.39, 0.29) is 24.3 Å². The second-order valence-corrected chi connectivity index (χ2v) is 5.66. The lowest BCUT2D eigenvalue weighted by molar-refractivity contribution is -0.147. The molecule has 1 amide bonds. The number of esters is 2. The van der Waals surface area contributed by atoms with Crippen molar-refractivity contribution >= 4 is 23.5 Å². The summed E-state index contributed by atoms with van der Waals surface area (Å²) < 4.78 is 9.46. The molecule has 0 spiro atoms. The van der Waals surface area contributed by atoms with Crippen molar-refractivity contribution < 1.29 is 23.9 Å². The summed E-state index contributed by atoms with van der Waals surface area (Å²) in [6, 6.07) is 6.71. The average Bonchev–Trinajstić information content (AvgIpc) is 2.61. The molecule has 7 nitrogen and oxygen atoms in total. The standard InChI is InChI=1S/C17H22N2O5/c1-23-16(21)12-7-9-19(10-8-12)11-15(20)18-14-6-4-3-5-13(14)17(22)24-2/h3-6,12H,7-11H2,1-2H3,(H,18,20). The number of rotatable bonds is 5. The number of nitrogens with zero attached hydrogens (tertiary/aromatic N) is 1. The number of carbonyl (C=O) groups is 3. The number of piperidine rings is 1. The Morgan fingerprint density at radius 2 is 1.79 bits per heavy atom. The number of anilines is 1. The minimum atomic E-state index is -0.496. The summed E-state index contributed by atoms with van der Waals surface area (Å²) >= 11 is 0. The SMILES string of the molecule is COC(=O)c1ccccc1NC(=O)CN1CCC(C(=O)OC)CC1. The van der Waals surface area contributed by atoms with Crippen molar-refractivity contribution in [1.29, 1.82) is 0 Å². The molecular formula is C17H22N2O5. The normalized spacial score (nSPS) is 15.6. The number of para-hydroxylation sites is 1. The number of methoxy groups -OCH3 is 2. The van der Waals surface area contributed by atoms with E-state index in [4.69, 9.17) is 9.47 Å². The number of amides is 1. The molecule has 0 aromatic heterocycles. The number of hydrogen-bond donors (Lipinski definition) is 1. The Morgan fingerprint density at radius 1 is 1.12 bits per heavy atom. The summed E-state index contributed by atoms with van der Waals surface area (Å²) in [5, 5.41) is 2.75. The third-order valence-corrected chi connectivity index (χ3v) is 4.10. The highest BCUT2D eigenvalue weighted by atomic mass is 16.5. The summed E-state index contributed by atoms with van der Waals surface area (Å²) in [6.07, 6.45) is 1.36. The van der Waals surface area contributed by atoms with Crippen molar-refractivity contribution in [2.24, 2.45) is 5.92 Å². The lowest BCUT2D eigenvalue weighted by Gasteiger charge is -2.30. The number of nitrogens with one attached hydrogen (secondary N) is 1. The van der Waals surface area contributed by atoms with Crippen LogP contribution < -0.4 is 5.32 Å². The van der Waals surface area contributed by atoms with E-state index in [2.05, 4.69) is 5.32 Å². The fourth-order valence-corrected chi connectivity index (χ4v) is 2.77. The van der Waals surface area contributed by atoms with Crippen molar-refractivity contribution in [3.8, 4) is 0 Å². The number of benzene rings is 1. The van der Waals surface area contributed by atoms with E-state index in [9.17, 15) is 14.4 Å². The predicted octanol–water partition coefficient (Wildman–Crippen LogP) is 1.30. The summed E-state index contributed by atoms with van der Waals surface area (Å²) in [4.78, 5) is 37.4. The van der Waals surface area contributed by atoms with Gasteiger partial charge < -0.3 is 14.8 Å². The first-order valence-corrected chi connectivity index (χ1v) is 7.82. The summed E-state index contributed by atoms with van der Waals surface area (Å²) in [5.74, 6) is -0.979. The second-order valence-electron chi connectivity index (χ2n) is 5.66. The van der Waals surface area contributed by atoms with Gasteiger partial charge in [0.2, 0.25) is 5.91 Å². The van der Waals surface area contributed by atoms with Gasteiger partial charge in [0.05, 0.1) is 37.9 Å². The fraction of sp³-hybridized carbons (Fsp3) is 0.471. The van der Waals surface area contributed by atoms with Crippen molar-refractivity contribution in [1.82, 2.24) is 4.90 Å². The van der Waals surface area contributed by atoms with Gasteiger partial charge >= 0.3 is 11.9 Å². The molecule has 1 fully saturated rings. The monoisotopic (exact) mass is 334 g/mol. The van der Waals surface area contributed by atoms with Crippen LogP contribution in [-0.4, -0.2) is 56.6 Å². The zero-order valence-electron chi connectivity index (χ0n) is 13.9. The van der Waals surface area contributed by atoms with Gasteiger partial charge in [-0.1, -0.05) is 12.1 Å². The molecule has 0 bridgehead atoms. The maximum Gasteiger partial charge on any atom is 0.339 e. The molecule has 1 heterocycles. The van der Waals surface area contributed by atoms with Gasteiger partial charge in [-0.3, -0.25) is 14.5 Å². The highest BCUT2D eigenvalue weighted by Crippen LogP contribution is 2.19. The van der Waals surface area contributed by atoms with Gasteiger partial charge in [-0.2, -0.15) is 0 Å². The topological polar surface area (TPSA) is 84.9 Å². The average molecular weight is 334 g/mol. The molecule has 0 radical (unpaired) electrons. The highest BCUT2D eigenvalue weighted by molar-refractivity contribution is 6.01. The minimum Gasteiger partial charge on any atom is -0.469 e. The van der Waals surface area contributed by atoms with E-state index >= 15 is 0 Å². The molecule has 1 aliphatic heterocycles. The lowest BCUT2D eigenvalue weighted by atomic mass is 9.97. The third kappa shape index (κ3) is 4.55. The molecule has 1 aromatic carbocycles. The summed E-state index contributed by atoms with van der Waals surface area (Å²) in [7, 11) is 2.69. The Morgan fingerprint density at radius 3 is 2.42 bits per heavy atom. The molecule has 2 rings (SSSR count). The zero-order valence-corrected chi connectivity index (χ0v) is 13.9. The predicted molar refractivity (Wildman–Crippen MR) is 87.6 cm³/mol. The Kier molecular flexibility index (Phi) is 6.31. The molecule has 1 N–H and O–H groups in total. The van der Waals surface area contributed by atoms with Gasteiger partial charge in [0.1, 0.15) is 0 Å². The number of ether oxygens (including phenoxy) is 2. The number of hydrogen-bond acceptors (Lipinski definition) is 6. The Hall–Kier alpha value is -2.41. The Labute approximate surface area is 140 Å². The molecule has 0 aliphatic carbocycles. The van der Waals surface area contributed by atoms with E-state index in [1.54, 1.807) is 24.3 Å². The van der Waals surface area contributed by atoms with Crippen LogP contribution in [0, 0.1) is 5.92 Å². The van der Waals surface area contributed by atoms with Gasteiger partial charge in [-0.05, 0) is 38.1 Å². The van der Waals surface area contributed by atoms with Crippen LogP contribution in [0.1, 0.15) is 23.2 Å². The molecule has 1 aromatic rings. The molecule has 7 heteroatoms. The van der Waals surface area contributed by atoms with Gasteiger partial charge in [-0.15, -0.1) is 0 Å². The Bertz CT molecular complexity index is 609. The van der Waals surface area contributed by atoms with Crippen molar-refractivity contribution in [3.05, 3.63) is 29.8 Å². The quantitative estimate of drug-likeness (QED) is 0.817. The maximum atomic E-state index is 12.2. The summed E-state index contributed by atoms with van der Waals surface area (Å²) in [6.45, 7) is 1.53. The van der Waals surface area contributed by atoms with Gasteiger partial charge in [-0.25, -0.2) is 4.79 Å². The largest absolute Gasteiger partial charge is 0.469 e. The van der Waals surface area contributed by atoms with E-state index in [1.165, 1.54) is 14.2 Å². The molecule has 24 heavy (non-hydrogen) atoms. The van der Waals surface area contributed by atoms with Crippen LogP contribution in [0.15, 0.2) is 24.3 Å². The van der Waals surface area contributed by atoms with Crippen LogP contribution in [-0.2, 0) is 19.1 Å². The second kappa shape index (κ2) is 8.44. The lowest BCUT2D eigenvalue weighted by Crippen LogP contribution is -2.41. The van der Waals surface area contributed by atoms with E-state index < -0.39 is 5.97 Å². The van der Waals surface area contributed by atoms with Crippen LogP contribution in [0.2, 0.25) is 0 Å². The number of carbonyl (C=O) groups excluding carboxylic acids is 3. The van der Waals surface area contributed by atoms with Crippen LogP contribution >= 0.6 is 0 Å². The molecule has 0 unspecified atom stereocenters. The van der Waals surface area contributed by atoms with E-state index in [1.807, 2.05) is 4.90 Å². The molecule has 130 valence electrons. The molecule has 0 atom stereocenters. The van der Waals surface area contributed by atoms with Crippen LogP contribution in [0.4, 0.5) is 5.69 Å². The Balaban J connectivity index is 1.89. The van der Waals surface area contributed by atoms with Crippen LogP contribution in [0.3, 0.4) is 0 Å². The van der Waals surface area contributed by atoms with Crippen LogP contribution in [0.25, 0.3) is 0 Å². The zero-order chi connectivity index (χ0) is 17.5. The molecular weight excluding hydrogens is 312 g/mol. The maximum absolute atomic E-state index is 12.2. The first kappa shape index (κ1) is 17.9. The molecule has 1 saturated heterocycles. The summed E-state index contributed by atoms with van der Waals surface area (Å²) in [5.41, 5.74) is 0.747. The van der Waals surface area contributed by atoms with Gasteiger partial charge in [0.25, 0.3) is 0 Å². The third-order valence-electron chi connectivity index (χ3n) is 4.10. The van der Waals surface area contributed by atoms with Crippen molar-refractivity contribution in [3.63, 3.8) is 0 Å². The molecule has 0 saturated carbocycles. The van der Waals surface area contributed by atoms with E-state index in [0.29, 0.717) is 37.2 Å². The molecule has 1 aliphatic rings. The minimum absolute atomic E-state index is 0.0886. The highest BCUT2D eigenvalue weighted by Gasteiger charge is 2.26. The first-order valence-electron chi connectivity index (χ1n) is 7.82. The van der Waals surface area contributed by atoms with Crippen LogP contribution in [0.5, 0.6) is 0 Å². The van der Waals surface area contributed by atoms with Crippen molar-refractivity contribution in [2.75, 3.05) is 39.2 Å². The first-order chi connectivity index (χ1) is 11.5.